The smallest absolute Gasteiger partial charge is 0.491 e. The molecule has 8 heteroatoms. The molecule has 0 radical (unpaired) electrons. The number of ether oxygens (including phenoxy) is 2. The van der Waals surface area contributed by atoms with Gasteiger partial charge in [0.25, 0.3) is 5.91 Å². The molecular weight excluding hydrogens is 397 g/mol. The van der Waals surface area contributed by atoms with Crippen molar-refractivity contribution in [1.29, 1.82) is 0 Å². The summed E-state index contributed by atoms with van der Waals surface area (Å²) in [5.41, 5.74) is 0.450. The third kappa shape index (κ3) is 3.94. The average molecular weight is 414 g/mol. The van der Waals surface area contributed by atoms with Crippen molar-refractivity contribution < 1.29 is 27.4 Å². The van der Waals surface area contributed by atoms with Gasteiger partial charge in [-0.1, -0.05) is 30.3 Å². The van der Waals surface area contributed by atoms with E-state index >= 15 is 0 Å². The highest BCUT2D eigenvalue weighted by Gasteiger charge is 2.42. The van der Waals surface area contributed by atoms with Crippen LogP contribution in [0.5, 0.6) is 11.5 Å². The molecule has 30 heavy (non-hydrogen) atoms. The zero-order valence-corrected chi connectivity index (χ0v) is 15.6. The number of amides is 1. The van der Waals surface area contributed by atoms with Gasteiger partial charge in [-0.2, -0.15) is 0 Å². The fourth-order valence-electron chi connectivity index (χ4n) is 3.53. The SMILES string of the molecule is O=C(N[C@@]1(c2ccc(OC(F)(F)F)cc2)CCOc2cccnc21)c1ccccc1. The summed E-state index contributed by atoms with van der Waals surface area (Å²) in [6.07, 6.45) is -2.85. The Morgan fingerprint density at radius 2 is 1.77 bits per heavy atom. The van der Waals surface area contributed by atoms with Crippen molar-refractivity contribution in [2.75, 3.05) is 6.61 Å². The highest BCUT2D eigenvalue weighted by atomic mass is 19.4. The Morgan fingerprint density at radius 3 is 2.47 bits per heavy atom. The molecule has 3 aromatic rings. The van der Waals surface area contributed by atoms with Crippen molar-refractivity contribution in [2.45, 2.75) is 18.3 Å². The number of halogens is 3. The lowest BCUT2D eigenvalue weighted by atomic mass is 9.81. The van der Waals surface area contributed by atoms with Crippen LogP contribution in [0.1, 0.15) is 28.0 Å². The van der Waals surface area contributed by atoms with Gasteiger partial charge >= 0.3 is 6.36 Å². The number of carbonyl (C=O) groups is 1. The molecule has 2 heterocycles. The number of rotatable bonds is 4. The summed E-state index contributed by atoms with van der Waals surface area (Å²) >= 11 is 0. The van der Waals surface area contributed by atoms with E-state index in [2.05, 4.69) is 15.0 Å². The van der Waals surface area contributed by atoms with Crippen molar-refractivity contribution in [3.8, 4) is 11.5 Å². The summed E-state index contributed by atoms with van der Waals surface area (Å²) in [6.45, 7) is 0.300. The maximum Gasteiger partial charge on any atom is 0.573 e. The first-order chi connectivity index (χ1) is 14.4. The van der Waals surface area contributed by atoms with Gasteiger partial charge in [0.2, 0.25) is 0 Å². The molecule has 1 aromatic heterocycles. The number of carbonyl (C=O) groups excluding carboxylic acids is 1. The molecule has 0 saturated carbocycles. The lowest BCUT2D eigenvalue weighted by molar-refractivity contribution is -0.274. The maximum absolute atomic E-state index is 13.0. The highest BCUT2D eigenvalue weighted by Crippen LogP contribution is 2.41. The van der Waals surface area contributed by atoms with E-state index in [1.807, 2.05) is 0 Å². The Hall–Kier alpha value is -3.55. The molecule has 1 N–H and O–H groups in total. The highest BCUT2D eigenvalue weighted by molar-refractivity contribution is 5.95. The van der Waals surface area contributed by atoms with Gasteiger partial charge in [0.15, 0.2) is 0 Å². The molecule has 2 aromatic carbocycles. The number of alkyl halides is 3. The van der Waals surface area contributed by atoms with Gasteiger partial charge in [-0.25, -0.2) is 0 Å². The van der Waals surface area contributed by atoms with Crippen LogP contribution in [0, 0.1) is 0 Å². The molecule has 0 unspecified atom stereocenters. The fraction of sp³-hybridized carbons (Fsp3) is 0.182. The number of pyridine rings is 1. The van der Waals surface area contributed by atoms with Crippen LogP contribution in [-0.2, 0) is 5.54 Å². The fourth-order valence-corrected chi connectivity index (χ4v) is 3.53. The molecule has 0 saturated heterocycles. The maximum atomic E-state index is 13.0. The number of aromatic nitrogens is 1. The molecule has 1 atom stereocenters. The summed E-state index contributed by atoms with van der Waals surface area (Å²) in [4.78, 5) is 17.4. The summed E-state index contributed by atoms with van der Waals surface area (Å²) in [6, 6.07) is 17.6. The largest absolute Gasteiger partial charge is 0.573 e. The van der Waals surface area contributed by atoms with E-state index < -0.39 is 11.9 Å². The van der Waals surface area contributed by atoms with Crippen molar-refractivity contribution in [2.24, 2.45) is 0 Å². The molecule has 1 amide bonds. The Balaban J connectivity index is 1.77. The zero-order chi connectivity index (χ0) is 21.2. The first kappa shape index (κ1) is 19.8. The van der Waals surface area contributed by atoms with Crippen LogP contribution in [0.4, 0.5) is 13.2 Å². The van der Waals surface area contributed by atoms with Crippen LogP contribution in [0.2, 0.25) is 0 Å². The van der Waals surface area contributed by atoms with E-state index in [9.17, 15) is 18.0 Å². The van der Waals surface area contributed by atoms with E-state index in [4.69, 9.17) is 4.74 Å². The lowest BCUT2D eigenvalue weighted by Gasteiger charge is -2.39. The number of benzene rings is 2. The molecule has 154 valence electrons. The second-order valence-corrected chi connectivity index (χ2v) is 6.75. The minimum Gasteiger partial charge on any atom is -0.491 e. The van der Waals surface area contributed by atoms with Gasteiger partial charge < -0.3 is 14.8 Å². The van der Waals surface area contributed by atoms with Crippen LogP contribution >= 0.6 is 0 Å². The van der Waals surface area contributed by atoms with Gasteiger partial charge in [-0.15, -0.1) is 13.2 Å². The summed E-state index contributed by atoms with van der Waals surface area (Å²) in [5, 5.41) is 3.04. The summed E-state index contributed by atoms with van der Waals surface area (Å²) in [5.74, 6) is -0.165. The topological polar surface area (TPSA) is 60.5 Å². The van der Waals surface area contributed by atoms with Gasteiger partial charge in [0.05, 0.1) is 6.61 Å². The van der Waals surface area contributed by atoms with Gasteiger partial charge in [-0.05, 0) is 42.0 Å². The van der Waals surface area contributed by atoms with Gasteiger partial charge in [-0.3, -0.25) is 9.78 Å². The minimum absolute atomic E-state index is 0.300. The summed E-state index contributed by atoms with van der Waals surface area (Å²) < 4.78 is 47.2. The molecule has 4 rings (SSSR count). The van der Waals surface area contributed by atoms with Crippen molar-refractivity contribution in [1.82, 2.24) is 10.3 Å². The molecular formula is C22H17F3N2O3. The monoisotopic (exact) mass is 414 g/mol. The second kappa shape index (κ2) is 7.70. The van der Waals surface area contributed by atoms with E-state index in [1.54, 1.807) is 48.7 Å². The van der Waals surface area contributed by atoms with E-state index in [0.29, 0.717) is 35.6 Å². The van der Waals surface area contributed by atoms with Crippen LogP contribution in [0.15, 0.2) is 72.9 Å². The third-order valence-corrected chi connectivity index (χ3v) is 4.85. The number of hydrogen-bond acceptors (Lipinski definition) is 4. The minimum atomic E-state index is -4.78. The standard InChI is InChI=1S/C22H17F3N2O3/c23-22(24,25)30-17-10-8-16(9-11-17)21(27-20(28)15-5-2-1-3-6-15)12-14-29-18-7-4-13-26-19(18)21/h1-11,13H,12,14H2,(H,27,28)/t21-/m1/s1. The molecule has 0 bridgehead atoms. The first-order valence-corrected chi connectivity index (χ1v) is 9.19. The Kier molecular flexibility index (Phi) is 5.07. The van der Waals surface area contributed by atoms with Crippen LogP contribution < -0.4 is 14.8 Å². The Morgan fingerprint density at radius 1 is 1.03 bits per heavy atom. The molecule has 0 spiro atoms. The van der Waals surface area contributed by atoms with Crippen LogP contribution in [0.25, 0.3) is 0 Å². The molecule has 1 aliphatic heterocycles. The third-order valence-electron chi connectivity index (χ3n) is 4.85. The quantitative estimate of drug-likeness (QED) is 0.686. The molecule has 0 aliphatic carbocycles. The number of nitrogens with one attached hydrogen (secondary N) is 1. The van der Waals surface area contributed by atoms with E-state index in [1.165, 1.54) is 24.3 Å². The van der Waals surface area contributed by atoms with Crippen molar-refractivity contribution in [3.63, 3.8) is 0 Å². The number of hydrogen-bond donors (Lipinski definition) is 1. The van der Waals surface area contributed by atoms with Crippen LogP contribution in [0.3, 0.4) is 0 Å². The summed E-state index contributed by atoms with van der Waals surface area (Å²) in [7, 11) is 0. The average Bonchev–Trinajstić information content (AvgIpc) is 2.74. The lowest BCUT2D eigenvalue weighted by Crippen LogP contribution is -2.50. The van der Waals surface area contributed by atoms with Crippen molar-refractivity contribution >= 4 is 5.91 Å². The number of fused-ring (bicyclic) bond motifs is 1. The predicted molar refractivity (Wildman–Crippen MR) is 102 cm³/mol. The molecule has 0 fully saturated rings. The normalized spacial score (nSPS) is 18.1. The molecule has 1 aliphatic rings. The van der Waals surface area contributed by atoms with Crippen molar-refractivity contribution in [3.05, 3.63) is 89.7 Å². The Bertz CT molecular complexity index is 1040. The number of nitrogens with zero attached hydrogens (tertiary/aromatic N) is 1. The second-order valence-electron chi connectivity index (χ2n) is 6.75. The first-order valence-electron chi connectivity index (χ1n) is 9.19. The van der Waals surface area contributed by atoms with Gasteiger partial charge in [0, 0.05) is 18.2 Å². The van der Waals surface area contributed by atoms with E-state index in [-0.39, 0.29) is 11.7 Å². The van der Waals surface area contributed by atoms with E-state index in [0.717, 1.165) is 0 Å². The van der Waals surface area contributed by atoms with Crippen LogP contribution in [-0.4, -0.2) is 23.9 Å². The molecule has 5 nitrogen and oxygen atoms in total. The van der Waals surface area contributed by atoms with Gasteiger partial charge in [0.1, 0.15) is 22.7 Å². The zero-order valence-electron chi connectivity index (χ0n) is 15.6. The Labute approximate surface area is 170 Å². The predicted octanol–water partition coefficient (Wildman–Crippen LogP) is 4.44.